The van der Waals surface area contributed by atoms with Crippen LogP contribution in [0.1, 0.15) is 18.5 Å². The first-order valence-electron chi connectivity index (χ1n) is 4.29. The first kappa shape index (κ1) is 11.8. The minimum absolute atomic E-state index is 0.0586. The minimum Gasteiger partial charge on any atom is -0.468 e. The molecule has 1 aromatic rings. The van der Waals surface area contributed by atoms with Gasteiger partial charge in [-0.25, -0.2) is 4.98 Å². The molecule has 0 aliphatic carbocycles. The maximum absolute atomic E-state index is 11.8. The quantitative estimate of drug-likeness (QED) is 0.847. The molecule has 1 atom stereocenters. The van der Waals surface area contributed by atoms with Gasteiger partial charge in [0.15, 0.2) is 6.61 Å². The van der Waals surface area contributed by atoms with E-state index >= 15 is 0 Å². The Morgan fingerprint density at radius 1 is 1.47 bits per heavy atom. The zero-order chi connectivity index (χ0) is 11.5. The maximum atomic E-state index is 11.8. The fraction of sp³-hybridized carbons (Fsp3) is 0.444. The number of rotatable bonds is 3. The van der Waals surface area contributed by atoms with Gasteiger partial charge < -0.3 is 10.5 Å². The van der Waals surface area contributed by atoms with Crippen LogP contribution in [0.2, 0.25) is 0 Å². The molecule has 0 radical (unpaired) electrons. The molecule has 2 N–H and O–H groups in total. The molecule has 6 heteroatoms. The van der Waals surface area contributed by atoms with E-state index in [1.807, 2.05) is 0 Å². The van der Waals surface area contributed by atoms with Gasteiger partial charge in [0.05, 0.1) is 0 Å². The van der Waals surface area contributed by atoms with E-state index in [0.717, 1.165) is 5.56 Å². The average molecular weight is 220 g/mol. The van der Waals surface area contributed by atoms with E-state index < -0.39 is 12.8 Å². The van der Waals surface area contributed by atoms with Crippen molar-refractivity contribution in [2.75, 3.05) is 6.61 Å². The van der Waals surface area contributed by atoms with Crippen LogP contribution in [0, 0.1) is 0 Å². The smallest absolute Gasteiger partial charge is 0.422 e. The first-order valence-corrected chi connectivity index (χ1v) is 4.29. The van der Waals surface area contributed by atoms with Crippen molar-refractivity contribution in [2.24, 2.45) is 5.73 Å². The van der Waals surface area contributed by atoms with Crippen LogP contribution in [-0.2, 0) is 0 Å². The highest BCUT2D eigenvalue weighted by atomic mass is 19.4. The third-order valence-corrected chi connectivity index (χ3v) is 1.67. The van der Waals surface area contributed by atoms with Gasteiger partial charge >= 0.3 is 6.18 Å². The van der Waals surface area contributed by atoms with Crippen LogP contribution in [-0.4, -0.2) is 17.8 Å². The van der Waals surface area contributed by atoms with E-state index in [9.17, 15) is 13.2 Å². The van der Waals surface area contributed by atoms with Crippen LogP contribution in [0.15, 0.2) is 18.3 Å². The Hall–Kier alpha value is -1.30. The number of pyridine rings is 1. The third kappa shape index (κ3) is 4.16. The Labute approximate surface area is 85.1 Å². The average Bonchev–Trinajstić information content (AvgIpc) is 2.14. The zero-order valence-corrected chi connectivity index (χ0v) is 8.08. The summed E-state index contributed by atoms with van der Waals surface area (Å²) in [7, 11) is 0. The fourth-order valence-electron chi connectivity index (χ4n) is 0.902. The summed E-state index contributed by atoms with van der Waals surface area (Å²) in [6.45, 7) is 0.421. The van der Waals surface area contributed by atoms with E-state index in [2.05, 4.69) is 9.72 Å². The SMILES string of the molecule is C[C@@H](N)c1ccc(OCC(F)(F)F)nc1. The molecule has 0 spiro atoms. The number of ether oxygens (including phenoxy) is 1. The number of alkyl halides is 3. The van der Waals surface area contributed by atoms with Crippen molar-refractivity contribution in [3.63, 3.8) is 0 Å². The van der Waals surface area contributed by atoms with Crippen LogP contribution >= 0.6 is 0 Å². The second-order valence-corrected chi connectivity index (χ2v) is 3.12. The molecule has 0 amide bonds. The number of hydrogen-bond acceptors (Lipinski definition) is 3. The van der Waals surface area contributed by atoms with Gasteiger partial charge in [0.2, 0.25) is 5.88 Å². The summed E-state index contributed by atoms with van der Waals surface area (Å²) in [6.07, 6.45) is -2.95. The van der Waals surface area contributed by atoms with E-state index in [0.29, 0.717) is 0 Å². The summed E-state index contributed by atoms with van der Waals surface area (Å²) in [5.74, 6) is -0.0586. The molecule has 0 unspecified atom stereocenters. The Bertz CT molecular complexity index is 308. The Morgan fingerprint density at radius 3 is 2.53 bits per heavy atom. The van der Waals surface area contributed by atoms with Crippen molar-refractivity contribution in [3.05, 3.63) is 23.9 Å². The third-order valence-electron chi connectivity index (χ3n) is 1.67. The lowest BCUT2D eigenvalue weighted by Crippen LogP contribution is -2.19. The lowest BCUT2D eigenvalue weighted by atomic mass is 10.2. The molecule has 0 bridgehead atoms. The second kappa shape index (κ2) is 4.48. The van der Waals surface area contributed by atoms with Gasteiger partial charge in [0.25, 0.3) is 0 Å². The van der Waals surface area contributed by atoms with E-state index in [1.54, 1.807) is 13.0 Å². The Kier molecular flexibility index (Phi) is 3.52. The van der Waals surface area contributed by atoms with Gasteiger partial charge in [-0.05, 0) is 12.5 Å². The normalized spacial score (nSPS) is 13.7. The van der Waals surface area contributed by atoms with Crippen molar-refractivity contribution in [3.8, 4) is 5.88 Å². The van der Waals surface area contributed by atoms with Crippen LogP contribution in [0.4, 0.5) is 13.2 Å². The Balaban J connectivity index is 2.57. The van der Waals surface area contributed by atoms with Crippen molar-refractivity contribution in [2.45, 2.75) is 19.1 Å². The summed E-state index contributed by atoms with van der Waals surface area (Å²) in [4.78, 5) is 3.70. The van der Waals surface area contributed by atoms with Crippen molar-refractivity contribution < 1.29 is 17.9 Å². The zero-order valence-electron chi connectivity index (χ0n) is 8.08. The Morgan fingerprint density at radius 2 is 2.13 bits per heavy atom. The van der Waals surface area contributed by atoms with Gasteiger partial charge in [-0.1, -0.05) is 6.07 Å². The molecule has 0 aliphatic rings. The summed E-state index contributed by atoms with van der Waals surface area (Å²) < 4.78 is 39.8. The number of halogens is 3. The standard InChI is InChI=1S/C9H11F3N2O/c1-6(13)7-2-3-8(14-4-7)15-5-9(10,11)12/h2-4,6H,5,13H2,1H3/t6-/m1/s1. The lowest BCUT2D eigenvalue weighted by Gasteiger charge is -2.09. The number of nitrogens with zero attached hydrogens (tertiary/aromatic N) is 1. The molecular weight excluding hydrogens is 209 g/mol. The van der Waals surface area contributed by atoms with E-state index in [1.165, 1.54) is 12.3 Å². The van der Waals surface area contributed by atoms with Crippen molar-refractivity contribution >= 4 is 0 Å². The summed E-state index contributed by atoms with van der Waals surface area (Å²) in [5, 5.41) is 0. The first-order chi connectivity index (χ1) is 6.88. The second-order valence-electron chi connectivity index (χ2n) is 3.12. The topological polar surface area (TPSA) is 48.1 Å². The predicted octanol–water partition coefficient (Wildman–Crippen LogP) is 2.04. The van der Waals surface area contributed by atoms with Crippen molar-refractivity contribution in [1.82, 2.24) is 4.98 Å². The van der Waals surface area contributed by atoms with Gasteiger partial charge in [-0.2, -0.15) is 13.2 Å². The molecule has 84 valence electrons. The van der Waals surface area contributed by atoms with Crippen LogP contribution in [0.5, 0.6) is 5.88 Å². The highest BCUT2D eigenvalue weighted by Gasteiger charge is 2.28. The highest BCUT2D eigenvalue weighted by Crippen LogP contribution is 2.17. The number of hydrogen-bond donors (Lipinski definition) is 1. The molecule has 0 aliphatic heterocycles. The molecule has 0 fully saturated rings. The van der Waals surface area contributed by atoms with E-state index in [4.69, 9.17) is 5.73 Å². The monoisotopic (exact) mass is 220 g/mol. The molecule has 3 nitrogen and oxygen atoms in total. The van der Waals surface area contributed by atoms with Gasteiger partial charge in [0, 0.05) is 18.3 Å². The van der Waals surface area contributed by atoms with E-state index in [-0.39, 0.29) is 11.9 Å². The molecule has 0 saturated heterocycles. The predicted molar refractivity (Wildman–Crippen MR) is 48.4 cm³/mol. The molecule has 1 heterocycles. The number of nitrogens with two attached hydrogens (primary N) is 1. The van der Waals surface area contributed by atoms with Gasteiger partial charge in [-0.3, -0.25) is 0 Å². The molecule has 0 aromatic carbocycles. The van der Waals surface area contributed by atoms with Gasteiger partial charge in [-0.15, -0.1) is 0 Å². The molecular formula is C9H11F3N2O. The van der Waals surface area contributed by atoms with Crippen LogP contribution < -0.4 is 10.5 Å². The molecule has 0 saturated carbocycles. The van der Waals surface area contributed by atoms with Gasteiger partial charge in [0.1, 0.15) is 0 Å². The molecule has 15 heavy (non-hydrogen) atoms. The highest BCUT2D eigenvalue weighted by molar-refractivity contribution is 5.19. The maximum Gasteiger partial charge on any atom is 0.422 e. The summed E-state index contributed by atoms with van der Waals surface area (Å²) >= 11 is 0. The van der Waals surface area contributed by atoms with Crippen molar-refractivity contribution in [1.29, 1.82) is 0 Å². The minimum atomic E-state index is -4.35. The number of aromatic nitrogens is 1. The van der Waals surface area contributed by atoms with Crippen LogP contribution in [0.25, 0.3) is 0 Å². The largest absolute Gasteiger partial charge is 0.468 e. The lowest BCUT2D eigenvalue weighted by molar-refractivity contribution is -0.154. The summed E-state index contributed by atoms with van der Waals surface area (Å²) in [5.41, 5.74) is 6.29. The molecule has 1 aromatic heterocycles. The molecule has 1 rings (SSSR count). The fourth-order valence-corrected chi connectivity index (χ4v) is 0.902. The summed E-state index contributed by atoms with van der Waals surface area (Å²) in [6, 6.07) is 2.75. The van der Waals surface area contributed by atoms with Crippen LogP contribution in [0.3, 0.4) is 0 Å².